The highest BCUT2D eigenvalue weighted by atomic mass is 19.4. The predicted molar refractivity (Wildman–Crippen MR) is 125 cm³/mol. The maximum Gasteiger partial charge on any atom is 0.422 e. The van der Waals surface area contributed by atoms with Crippen molar-refractivity contribution in [3.05, 3.63) is 51.1 Å². The number of hydrogen-bond acceptors (Lipinski definition) is 7. The molecular formula is C24H28F3N7O2. The summed E-state index contributed by atoms with van der Waals surface area (Å²) < 4.78 is 40.7. The molecule has 1 aliphatic heterocycles. The number of aromatic nitrogens is 3. The van der Waals surface area contributed by atoms with Crippen molar-refractivity contribution in [3.63, 3.8) is 0 Å². The van der Waals surface area contributed by atoms with Gasteiger partial charge in [0.15, 0.2) is 0 Å². The lowest BCUT2D eigenvalue weighted by Gasteiger charge is -2.37. The van der Waals surface area contributed by atoms with Crippen LogP contribution in [0.15, 0.2) is 23.1 Å². The Hall–Kier alpha value is -3.46. The highest BCUT2D eigenvalue weighted by Crippen LogP contribution is 2.49. The number of aromatic amines is 1. The maximum absolute atomic E-state index is 13.6. The number of halogens is 3. The fourth-order valence-corrected chi connectivity index (χ4v) is 5.32. The maximum atomic E-state index is 13.6. The van der Waals surface area contributed by atoms with Crippen molar-refractivity contribution in [1.29, 1.82) is 5.26 Å². The van der Waals surface area contributed by atoms with Gasteiger partial charge in [0, 0.05) is 45.3 Å². The zero-order valence-electron chi connectivity index (χ0n) is 20.4. The lowest BCUT2D eigenvalue weighted by atomic mass is 9.85. The van der Waals surface area contributed by atoms with E-state index in [1.165, 1.54) is 6.20 Å². The molecular weight excluding hydrogens is 475 g/mol. The van der Waals surface area contributed by atoms with Gasteiger partial charge in [-0.15, -0.1) is 0 Å². The average Bonchev–Trinajstić information content (AvgIpc) is 3.10. The van der Waals surface area contributed by atoms with Crippen LogP contribution in [-0.4, -0.2) is 70.7 Å². The van der Waals surface area contributed by atoms with E-state index in [0.29, 0.717) is 38.3 Å². The SMILES string of the molecule is CN(CCC(=O)N1CCN(c2ccc(C#N)cn2)CC1)C1c2n[nH]c(=O)c(C(F)(F)F)c2CC1(C)C. The summed E-state index contributed by atoms with van der Waals surface area (Å²) in [6.07, 6.45) is -2.96. The number of amides is 1. The monoisotopic (exact) mass is 503 g/mol. The van der Waals surface area contributed by atoms with Crippen LogP contribution in [0.4, 0.5) is 19.0 Å². The molecule has 0 spiro atoms. The van der Waals surface area contributed by atoms with Crippen molar-refractivity contribution in [1.82, 2.24) is 25.0 Å². The highest BCUT2D eigenvalue weighted by Gasteiger charge is 2.48. The minimum atomic E-state index is -4.77. The van der Waals surface area contributed by atoms with E-state index in [1.807, 2.05) is 29.9 Å². The van der Waals surface area contributed by atoms with Crippen LogP contribution < -0.4 is 10.5 Å². The van der Waals surface area contributed by atoms with Crippen molar-refractivity contribution in [3.8, 4) is 6.07 Å². The Morgan fingerprint density at radius 1 is 1.28 bits per heavy atom. The number of pyridine rings is 1. The number of fused-ring (bicyclic) bond motifs is 1. The minimum absolute atomic E-state index is 0.0317. The van der Waals surface area contributed by atoms with E-state index in [1.54, 1.807) is 24.1 Å². The molecule has 2 aromatic rings. The van der Waals surface area contributed by atoms with Gasteiger partial charge in [0.25, 0.3) is 5.56 Å². The number of alkyl halides is 3. The minimum Gasteiger partial charge on any atom is -0.353 e. The van der Waals surface area contributed by atoms with Gasteiger partial charge in [-0.25, -0.2) is 10.1 Å². The summed E-state index contributed by atoms with van der Waals surface area (Å²) in [5.74, 6) is 0.724. The molecule has 3 heterocycles. The summed E-state index contributed by atoms with van der Waals surface area (Å²) in [4.78, 5) is 34.8. The standard InChI is InChI=1S/C24H28F3N7O2/c1-23(2)12-16-19(24(25,26)27)22(36)31-30-20(16)21(23)32(3)7-6-18(35)34-10-8-33(9-11-34)17-5-4-15(13-28)14-29-17/h4-5,14,21H,6-12H2,1-3H3,(H,31,36). The summed E-state index contributed by atoms with van der Waals surface area (Å²) in [7, 11) is 1.77. The number of anilines is 1. The summed E-state index contributed by atoms with van der Waals surface area (Å²) in [6.45, 7) is 6.31. The van der Waals surface area contributed by atoms with E-state index < -0.39 is 28.8 Å². The number of nitrogens with zero attached hydrogens (tertiary/aromatic N) is 6. The number of hydrogen-bond donors (Lipinski definition) is 1. The molecule has 1 fully saturated rings. The normalized spacial score (nSPS) is 19.3. The van der Waals surface area contributed by atoms with Gasteiger partial charge >= 0.3 is 6.18 Å². The van der Waals surface area contributed by atoms with Gasteiger partial charge in [0.2, 0.25) is 5.91 Å². The smallest absolute Gasteiger partial charge is 0.353 e. The van der Waals surface area contributed by atoms with Gasteiger partial charge in [-0.2, -0.15) is 23.5 Å². The van der Waals surface area contributed by atoms with Gasteiger partial charge in [-0.3, -0.25) is 14.5 Å². The van der Waals surface area contributed by atoms with Crippen LogP contribution in [0, 0.1) is 16.7 Å². The number of nitrogens with one attached hydrogen (secondary N) is 1. The van der Waals surface area contributed by atoms with E-state index >= 15 is 0 Å². The molecule has 12 heteroatoms. The zero-order chi connectivity index (χ0) is 26.3. The largest absolute Gasteiger partial charge is 0.422 e. The summed E-state index contributed by atoms with van der Waals surface area (Å²) >= 11 is 0. The number of nitriles is 1. The molecule has 1 saturated heterocycles. The number of carbonyl (C=O) groups is 1. The molecule has 192 valence electrons. The molecule has 9 nitrogen and oxygen atoms in total. The Morgan fingerprint density at radius 3 is 2.56 bits per heavy atom. The van der Waals surface area contributed by atoms with E-state index in [4.69, 9.17) is 5.26 Å². The first-order valence-electron chi connectivity index (χ1n) is 11.7. The number of carbonyl (C=O) groups excluding carboxylic acids is 1. The lowest BCUT2D eigenvalue weighted by molar-refractivity contribution is -0.139. The molecule has 1 atom stereocenters. The molecule has 0 saturated carbocycles. The van der Waals surface area contributed by atoms with Crippen LogP contribution in [0.25, 0.3) is 0 Å². The molecule has 2 aromatic heterocycles. The number of piperazine rings is 1. The van der Waals surface area contributed by atoms with E-state index in [2.05, 4.69) is 15.0 Å². The third-order valence-corrected chi connectivity index (χ3v) is 6.98. The van der Waals surface area contributed by atoms with Gasteiger partial charge in [0.05, 0.1) is 17.3 Å². The van der Waals surface area contributed by atoms with Crippen LogP contribution >= 0.6 is 0 Å². The van der Waals surface area contributed by atoms with Crippen molar-refractivity contribution >= 4 is 11.7 Å². The Bertz CT molecular complexity index is 1230. The molecule has 0 aromatic carbocycles. The van der Waals surface area contributed by atoms with E-state index in [0.717, 1.165) is 5.82 Å². The molecule has 2 aliphatic rings. The second kappa shape index (κ2) is 9.54. The van der Waals surface area contributed by atoms with Crippen molar-refractivity contribution in [2.45, 2.75) is 38.9 Å². The van der Waals surface area contributed by atoms with Crippen LogP contribution in [0.5, 0.6) is 0 Å². The Morgan fingerprint density at radius 2 is 1.97 bits per heavy atom. The number of rotatable bonds is 5. The molecule has 1 amide bonds. The molecule has 1 unspecified atom stereocenters. The molecule has 1 N–H and O–H groups in total. The van der Waals surface area contributed by atoms with Gasteiger partial charge in [0.1, 0.15) is 17.5 Å². The fourth-order valence-electron chi connectivity index (χ4n) is 5.32. The highest BCUT2D eigenvalue weighted by molar-refractivity contribution is 5.76. The Balaban J connectivity index is 1.38. The van der Waals surface area contributed by atoms with Gasteiger partial charge < -0.3 is 9.80 Å². The summed E-state index contributed by atoms with van der Waals surface area (Å²) in [5, 5.41) is 14.9. The summed E-state index contributed by atoms with van der Waals surface area (Å²) in [5.41, 5.74) is -2.37. The summed E-state index contributed by atoms with van der Waals surface area (Å²) in [6, 6.07) is 5.06. The van der Waals surface area contributed by atoms with Crippen molar-refractivity contribution in [2.75, 3.05) is 44.7 Å². The van der Waals surface area contributed by atoms with Gasteiger partial charge in [-0.1, -0.05) is 13.8 Å². The quantitative estimate of drug-likeness (QED) is 0.667. The second-order valence-electron chi connectivity index (χ2n) is 9.97. The third-order valence-electron chi connectivity index (χ3n) is 6.98. The van der Waals surface area contributed by atoms with Crippen LogP contribution in [0.3, 0.4) is 0 Å². The van der Waals surface area contributed by atoms with Gasteiger partial charge in [-0.05, 0) is 36.6 Å². The van der Waals surface area contributed by atoms with Crippen molar-refractivity contribution in [2.24, 2.45) is 5.41 Å². The molecule has 1 aliphatic carbocycles. The zero-order valence-corrected chi connectivity index (χ0v) is 20.4. The predicted octanol–water partition coefficient (Wildman–Crippen LogP) is 2.35. The molecule has 0 radical (unpaired) electrons. The first-order chi connectivity index (χ1) is 16.9. The number of H-pyrrole nitrogens is 1. The van der Waals surface area contributed by atoms with Crippen molar-refractivity contribution < 1.29 is 18.0 Å². The first-order valence-corrected chi connectivity index (χ1v) is 11.7. The lowest BCUT2D eigenvalue weighted by Crippen LogP contribution is -2.49. The second-order valence-corrected chi connectivity index (χ2v) is 9.97. The average molecular weight is 504 g/mol. The third kappa shape index (κ3) is 4.93. The molecule has 36 heavy (non-hydrogen) atoms. The Labute approximate surface area is 206 Å². The first kappa shape index (κ1) is 25.6. The van der Waals surface area contributed by atoms with Crippen LogP contribution in [0.1, 0.15) is 48.7 Å². The Kier molecular flexibility index (Phi) is 6.79. The topological polar surface area (TPSA) is 109 Å². The van der Waals surface area contributed by atoms with E-state index in [-0.39, 0.29) is 30.0 Å². The molecule has 0 bridgehead atoms. The van der Waals surface area contributed by atoms with Crippen LogP contribution in [-0.2, 0) is 17.4 Å². The molecule has 4 rings (SSSR count). The fraction of sp³-hybridized carbons (Fsp3) is 0.542. The van der Waals surface area contributed by atoms with E-state index in [9.17, 15) is 22.8 Å². The van der Waals surface area contributed by atoms with Crippen LogP contribution in [0.2, 0.25) is 0 Å².